The minimum atomic E-state index is 0.0819. The average Bonchev–Trinajstić information content (AvgIpc) is 2.57. The molecule has 0 amide bonds. The van der Waals surface area contributed by atoms with E-state index in [0.29, 0.717) is 5.92 Å². The second-order valence-corrected chi connectivity index (χ2v) is 6.19. The molecule has 2 aromatic rings. The van der Waals surface area contributed by atoms with Gasteiger partial charge in [0.15, 0.2) is 0 Å². The molecule has 0 bridgehead atoms. The van der Waals surface area contributed by atoms with Crippen molar-refractivity contribution in [2.45, 2.75) is 13.8 Å². The molecule has 22 heavy (non-hydrogen) atoms. The van der Waals surface area contributed by atoms with Crippen molar-refractivity contribution >= 4 is 6.08 Å². The van der Waals surface area contributed by atoms with E-state index in [1.807, 2.05) is 0 Å². The number of hydrogen-bond acceptors (Lipinski definition) is 0. The maximum absolute atomic E-state index is 2.33. The number of allylic oxidation sites excluding steroid dienone is 5. The van der Waals surface area contributed by atoms with Gasteiger partial charge in [-0.1, -0.05) is 105 Å². The van der Waals surface area contributed by atoms with Crippen LogP contribution in [0, 0.1) is 11.3 Å². The van der Waals surface area contributed by atoms with Crippen LogP contribution in [0.5, 0.6) is 0 Å². The maximum Gasteiger partial charge on any atom is 0.00992 e. The first-order valence-corrected chi connectivity index (χ1v) is 7.89. The number of rotatable bonds is 3. The summed E-state index contributed by atoms with van der Waals surface area (Å²) in [6.07, 6.45) is 13.4. The van der Waals surface area contributed by atoms with E-state index in [9.17, 15) is 0 Å². The van der Waals surface area contributed by atoms with Gasteiger partial charge in [-0.05, 0) is 22.6 Å². The zero-order valence-corrected chi connectivity index (χ0v) is 13.2. The van der Waals surface area contributed by atoms with Crippen molar-refractivity contribution in [2.24, 2.45) is 11.3 Å². The van der Waals surface area contributed by atoms with E-state index in [4.69, 9.17) is 0 Å². The summed E-state index contributed by atoms with van der Waals surface area (Å²) in [4.78, 5) is 0. The van der Waals surface area contributed by atoms with Crippen molar-refractivity contribution in [3.8, 4) is 11.1 Å². The lowest BCUT2D eigenvalue weighted by molar-refractivity contribution is 0.420. The Balaban J connectivity index is 1.95. The lowest BCUT2D eigenvalue weighted by atomic mass is 9.75. The highest BCUT2D eigenvalue weighted by atomic mass is 14.3. The summed E-state index contributed by atoms with van der Waals surface area (Å²) in [5.74, 6) is 0.512. The molecule has 0 aliphatic heterocycles. The monoisotopic (exact) mass is 286 g/mol. The molecule has 1 aliphatic rings. The van der Waals surface area contributed by atoms with E-state index in [1.54, 1.807) is 0 Å². The van der Waals surface area contributed by atoms with E-state index < -0.39 is 0 Å². The molecular formula is C22H22. The van der Waals surface area contributed by atoms with Gasteiger partial charge in [0.25, 0.3) is 0 Å². The van der Waals surface area contributed by atoms with Gasteiger partial charge in [0.05, 0.1) is 0 Å². The van der Waals surface area contributed by atoms with Crippen molar-refractivity contribution < 1.29 is 0 Å². The third-order valence-corrected chi connectivity index (χ3v) is 4.61. The van der Waals surface area contributed by atoms with Gasteiger partial charge < -0.3 is 0 Å². The van der Waals surface area contributed by atoms with Crippen molar-refractivity contribution in [3.05, 3.63) is 90.5 Å². The van der Waals surface area contributed by atoms with Crippen LogP contribution >= 0.6 is 0 Å². The van der Waals surface area contributed by atoms with Crippen molar-refractivity contribution in [3.63, 3.8) is 0 Å². The first-order valence-electron chi connectivity index (χ1n) is 7.89. The van der Waals surface area contributed by atoms with Crippen LogP contribution in [-0.2, 0) is 0 Å². The van der Waals surface area contributed by atoms with Crippen molar-refractivity contribution in [1.82, 2.24) is 0 Å². The predicted molar refractivity (Wildman–Crippen MR) is 96.5 cm³/mol. The second-order valence-electron chi connectivity index (χ2n) is 6.19. The third kappa shape index (κ3) is 2.96. The fourth-order valence-corrected chi connectivity index (χ4v) is 2.85. The Morgan fingerprint density at radius 1 is 0.909 bits per heavy atom. The molecule has 0 heterocycles. The highest BCUT2D eigenvalue weighted by Gasteiger charge is 2.24. The Bertz CT molecular complexity index is 719. The summed E-state index contributed by atoms with van der Waals surface area (Å²) in [6, 6.07) is 19.2. The van der Waals surface area contributed by atoms with Gasteiger partial charge in [-0.15, -0.1) is 0 Å². The maximum atomic E-state index is 2.33. The van der Waals surface area contributed by atoms with Gasteiger partial charge >= 0.3 is 0 Å². The first-order chi connectivity index (χ1) is 10.7. The summed E-state index contributed by atoms with van der Waals surface area (Å²) >= 11 is 0. The minimum absolute atomic E-state index is 0.0819. The minimum Gasteiger partial charge on any atom is -0.0805 e. The molecule has 0 aromatic heterocycles. The fourth-order valence-electron chi connectivity index (χ4n) is 2.85. The largest absolute Gasteiger partial charge is 0.0805 e. The van der Waals surface area contributed by atoms with Crippen LogP contribution in [-0.4, -0.2) is 0 Å². The Morgan fingerprint density at radius 2 is 1.64 bits per heavy atom. The smallest absolute Gasteiger partial charge is 0.00992 e. The Hall–Kier alpha value is -2.34. The van der Waals surface area contributed by atoms with Gasteiger partial charge in [0.1, 0.15) is 0 Å². The fraction of sp³-hybridized carbons (Fsp3) is 0.182. The third-order valence-electron chi connectivity index (χ3n) is 4.61. The lowest BCUT2D eigenvalue weighted by Crippen LogP contribution is -2.20. The van der Waals surface area contributed by atoms with Crippen LogP contribution < -0.4 is 0 Å². The molecular weight excluding hydrogens is 264 g/mol. The molecule has 2 aromatic carbocycles. The van der Waals surface area contributed by atoms with Gasteiger partial charge in [0.2, 0.25) is 0 Å². The van der Waals surface area contributed by atoms with Crippen LogP contribution in [0.4, 0.5) is 0 Å². The van der Waals surface area contributed by atoms with Gasteiger partial charge in [-0.2, -0.15) is 0 Å². The van der Waals surface area contributed by atoms with Gasteiger partial charge in [-0.25, -0.2) is 0 Å². The van der Waals surface area contributed by atoms with E-state index in [0.717, 1.165) is 0 Å². The Kier molecular flexibility index (Phi) is 4.11. The molecule has 0 spiro atoms. The van der Waals surface area contributed by atoms with Gasteiger partial charge in [0, 0.05) is 5.41 Å². The lowest BCUT2D eigenvalue weighted by Gasteiger charge is -2.29. The standard InChI is InChI=1S/C22H22/c1-18-10-8-9-16-22(18,2)17-15-20-13-6-7-14-21(20)19-11-4-3-5-12-19/h3-18H,1-2H3. The van der Waals surface area contributed by atoms with Crippen LogP contribution in [0.3, 0.4) is 0 Å². The molecule has 0 radical (unpaired) electrons. The molecule has 2 atom stereocenters. The van der Waals surface area contributed by atoms with Crippen LogP contribution in [0.1, 0.15) is 19.4 Å². The zero-order chi connectivity index (χ0) is 15.4. The van der Waals surface area contributed by atoms with Crippen molar-refractivity contribution in [2.75, 3.05) is 0 Å². The highest BCUT2D eigenvalue weighted by Crippen LogP contribution is 2.35. The molecule has 0 N–H and O–H groups in total. The first kappa shape index (κ1) is 14.6. The van der Waals surface area contributed by atoms with Crippen LogP contribution in [0.2, 0.25) is 0 Å². The summed E-state index contributed by atoms with van der Waals surface area (Å²) in [6.45, 7) is 4.56. The highest BCUT2D eigenvalue weighted by molar-refractivity contribution is 5.75. The average molecular weight is 286 g/mol. The van der Waals surface area contributed by atoms with E-state index in [-0.39, 0.29) is 5.41 Å². The molecule has 0 fully saturated rings. The van der Waals surface area contributed by atoms with E-state index >= 15 is 0 Å². The summed E-state index contributed by atoms with van der Waals surface area (Å²) < 4.78 is 0. The molecule has 3 rings (SSSR count). The topological polar surface area (TPSA) is 0 Å². The van der Waals surface area contributed by atoms with Gasteiger partial charge in [-0.3, -0.25) is 0 Å². The van der Waals surface area contributed by atoms with E-state index in [1.165, 1.54) is 16.7 Å². The molecule has 1 aliphatic carbocycles. The molecule has 0 nitrogen and oxygen atoms in total. The predicted octanol–water partition coefficient (Wildman–Crippen LogP) is 6.14. The molecule has 110 valence electrons. The van der Waals surface area contributed by atoms with Crippen LogP contribution in [0.25, 0.3) is 17.2 Å². The number of benzene rings is 2. The number of hydrogen-bond donors (Lipinski definition) is 0. The summed E-state index contributed by atoms with van der Waals surface area (Å²) in [5, 5.41) is 0. The molecule has 2 unspecified atom stereocenters. The van der Waals surface area contributed by atoms with Crippen molar-refractivity contribution in [1.29, 1.82) is 0 Å². The molecule has 0 saturated heterocycles. The zero-order valence-electron chi connectivity index (χ0n) is 13.2. The normalized spacial score (nSPS) is 24.0. The Labute approximate surface area is 133 Å². The molecule has 0 saturated carbocycles. The van der Waals surface area contributed by atoms with E-state index in [2.05, 4.69) is 105 Å². The quantitative estimate of drug-likeness (QED) is 0.636. The second kappa shape index (κ2) is 6.19. The Morgan fingerprint density at radius 3 is 2.41 bits per heavy atom. The molecule has 0 heteroatoms. The summed E-state index contributed by atoms with van der Waals surface area (Å²) in [7, 11) is 0. The summed E-state index contributed by atoms with van der Waals surface area (Å²) in [5.41, 5.74) is 3.90. The van der Waals surface area contributed by atoms with Crippen LogP contribution in [0.15, 0.2) is 85.0 Å². The SMILES string of the molecule is CC1C=CC=CC1(C)C=Cc1ccccc1-c1ccccc1.